The van der Waals surface area contributed by atoms with Crippen molar-refractivity contribution in [1.82, 2.24) is 0 Å². The minimum absolute atomic E-state index is 0.0686. The summed E-state index contributed by atoms with van der Waals surface area (Å²) in [7, 11) is 3.19. The smallest absolute Gasteiger partial charge is 0.341 e. The quantitative estimate of drug-likeness (QED) is 0.493. The lowest BCUT2D eigenvalue weighted by Crippen LogP contribution is -2.04. The van der Waals surface area contributed by atoms with E-state index in [1.807, 2.05) is 48.5 Å². The maximum Gasteiger partial charge on any atom is 0.341 e. The van der Waals surface area contributed by atoms with Gasteiger partial charge in [-0.05, 0) is 41.5 Å². The average Bonchev–Trinajstić information content (AvgIpc) is 3.11. The zero-order valence-electron chi connectivity index (χ0n) is 17.5. The molecule has 0 fully saturated rings. The molecular formula is C24H21ClO7. The van der Waals surface area contributed by atoms with Crippen molar-refractivity contribution in [3.63, 3.8) is 0 Å². The van der Waals surface area contributed by atoms with Gasteiger partial charge in [0.2, 0.25) is 6.29 Å². The molecule has 0 bridgehead atoms. The van der Waals surface area contributed by atoms with E-state index in [-0.39, 0.29) is 40.9 Å². The molecule has 1 N–H and O–H groups in total. The van der Waals surface area contributed by atoms with Crippen LogP contribution in [-0.4, -0.2) is 25.3 Å². The number of esters is 1. The average molecular weight is 457 g/mol. The van der Waals surface area contributed by atoms with E-state index in [0.717, 1.165) is 22.6 Å². The van der Waals surface area contributed by atoms with Gasteiger partial charge in [0.05, 0.1) is 30.4 Å². The Labute approximate surface area is 190 Å². The largest absolute Gasteiger partial charge is 0.497 e. The maximum absolute atomic E-state index is 12.1. The van der Waals surface area contributed by atoms with Crippen molar-refractivity contribution in [2.24, 2.45) is 0 Å². The van der Waals surface area contributed by atoms with Crippen LogP contribution in [-0.2, 0) is 18.0 Å². The number of fused-ring (bicyclic) bond motifs is 1. The molecule has 1 unspecified atom stereocenters. The van der Waals surface area contributed by atoms with Crippen LogP contribution >= 0.6 is 11.6 Å². The third-order valence-electron chi connectivity index (χ3n) is 5.01. The van der Waals surface area contributed by atoms with Crippen molar-refractivity contribution in [2.75, 3.05) is 14.2 Å². The number of cyclic esters (lactones) is 1. The van der Waals surface area contributed by atoms with Crippen LogP contribution in [0.5, 0.6) is 23.0 Å². The number of halogens is 1. The van der Waals surface area contributed by atoms with Crippen LogP contribution in [0.2, 0.25) is 5.02 Å². The third kappa shape index (κ3) is 4.44. The van der Waals surface area contributed by atoms with Gasteiger partial charge in [0.15, 0.2) is 11.5 Å². The number of carbonyl (C=O) groups excluding carboxylic acids is 1. The van der Waals surface area contributed by atoms with E-state index in [9.17, 15) is 9.90 Å². The standard InChI is InChI=1S/C24H21ClO7/c1-28-16-7-3-14(4-8-16)12-30-19-11-18-20(24(27)32-23(18)26)21(25)22(19)31-13-15-5-9-17(29-2)10-6-15/h3-11,24,27H,12-13H2,1-2H3. The van der Waals surface area contributed by atoms with Crippen LogP contribution in [0.4, 0.5) is 0 Å². The van der Waals surface area contributed by atoms with Gasteiger partial charge >= 0.3 is 5.97 Å². The number of rotatable bonds is 8. The molecule has 0 saturated carbocycles. The number of aliphatic hydroxyl groups is 1. The van der Waals surface area contributed by atoms with Crippen molar-refractivity contribution in [1.29, 1.82) is 0 Å². The van der Waals surface area contributed by atoms with Gasteiger partial charge in [-0.15, -0.1) is 0 Å². The van der Waals surface area contributed by atoms with E-state index < -0.39 is 12.3 Å². The van der Waals surface area contributed by atoms with Crippen molar-refractivity contribution < 1.29 is 33.6 Å². The van der Waals surface area contributed by atoms with Crippen molar-refractivity contribution in [3.8, 4) is 23.0 Å². The SMILES string of the molecule is COc1ccc(COc2cc3c(c(Cl)c2OCc2ccc(OC)cc2)C(O)OC3=O)cc1. The molecule has 0 saturated heterocycles. The Morgan fingerprint density at radius 3 is 1.97 bits per heavy atom. The van der Waals surface area contributed by atoms with E-state index in [0.29, 0.717) is 0 Å². The Morgan fingerprint density at radius 1 is 0.906 bits per heavy atom. The summed E-state index contributed by atoms with van der Waals surface area (Å²) in [5.74, 6) is 1.27. The highest BCUT2D eigenvalue weighted by molar-refractivity contribution is 6.34. The van der Waals surface area contributed by atoms with Crippen molar-refractivity contribution >= 4 is 17.6 Å². The summed E-state index contributed by atoms with van der Waals surface area (Å²) in [6.07, 6.45) is -1.45. The van der Waals surface area contributed by atoms with Crippen LogP contribution in [0.15, 0.2) is 54.6 Å². The molecule has 166 valence electrons. The lowest BCUT2D eigenvalue weighted by molar-refractivity contribution is -0.0548. The molecule has 0 aromatic heterocycles. The number of hydrogen-bond donors (Lipinski definition) is 1. The third-order valence-corrected chi connectivity index (χ3v) is 5.38. The molecule has 1 atom stereocenters. The van der Waals surface area contributed by atoms with Crippen molar-refractivity contribution in [2.45, 2.75) is 19.5 Å². The fraction of sp³-hybridized carbons (Fsp3) is 0.208. The molecule has 32 heavy (non-hydrogen) atoms. The molecular weight excluding hydrogens is 436 g/mol. The summed E-state index contributed by atoms with van der Waals surface area (Å²) >= 11 is 6.52. The normalized spacial score (nSPS) is 14.5. The Balaban J connectivity index is 1.61. The minimum atomic E-state index is -1.45. The van der Waals surface area contributed by atoms with Crippen LogP contribution in [0.25, 0.3) is 0 Å². The molecule has 0 spiro atoms. The summed E-state index contributed by atoms with van der Waals surface area (Å²) < 4.78 is 27.1. The Hall–Kier alpha value is -3.42. The summed E-state index contributed by atoms with van der Waals surface area (Å²) in [6.45, 7) is 0.391. The fourth-order valence-electron chi connectivity index (χ4n) is 3.26. The van der Waals surface area contributed by atoms with E-state index in [1.165, 1.54) is 6.07 Å². The molecule has 4 rings (SSSR count). The first-order chi connectivity index (χ1) is 15.5. The van der Waals surface area contributed by atoms with Gasteiger partial charge in [-0.2, -0.15) is 0 Å². The van der Waals surface area contributed by atoms with Gasteiger partial charge in [-0.3, -0.25) is 0 Å². The summed E-state index contributed by atoms with van der Waals surface area (Å²) in [6, 6.07) is 16.2. The predicted molar refractivity (Wildman–Crippen MR) is 116 cm³/mol. The highest BCUT2D eigenvalue weighted by Gasteiger charge is 2.35. The Morgan fingerprint density at radius 2 is 1.44 bits per heavy atom. The van der Waals surface area contributed by atoms with Crippen molar-refractivity contribution in [3.05, 3.63) is 81.9 Å². The highest BCUT2D eigenvalue weighted by Crippen LogP contribution is 2.46. The molecule has 3 aromatic carbocycles. The first-order valence-electron chi connectivity index (χ1n) is 9.77. The number of methoxy groups -OCH3 is 2. The van der Waals surface area contributed by atoms with Crippen LogP contribution in [0.1, 0.15) is 33.3 Å². The monoisotopic (exact) mass is 456 g/mol. The molecule has 0 aliphatic carbocycles. The van der Waals surface area contributed by atoms with E-state index in [1.54, 1.807) is 14.2 Å². The zero-order chi connectivity index (χ0) is 22.7. The second-order valence-corrected chi connectivity index (χ2v) is 7.39. The van der Waals surface area contributed by atoms with E-state index in [4.69, 9.17) is 35.3 Å². The number of ether oxygens (including phenoxy) is 5. The van der Waals surface area contributed by atoms with Gasteiger partial charge in [0.25, 0.3) is 0 Å². The first-order valence-corrected chi connectivity index (χ1v) is 10.1. The van der Waals surface area contributed by atoms with Gasteiger partial charge < -0.3 is 28.8 Å². The van der Waals surface area contributed by atoms with Crippen LogP contribution in [0.3, 0.4) is 0 Å². The number of benzene rings is 3. The van der Waals surface area contributed by atoms with E-state index >= 15 is 0 Å². The number of carbonyl (C=O) groups is 1. The summed E-state index contributed by atoms with van der Waals surface area (Å²) in [4.78, 5) is 12.1. The van der Waals surface area contributed by atoms with Gasteiger partial charge in [-0.1, -0.05) is 35.9 Å². The van der Waals surface area contributed by atoms with Gasteiger partial charge in [0.1, 0.15) is 24.7 Å². The lowest BCUT2D eigenvalue weighted by atomic mass is 10.1. The van der Waals surface area contributed by atoms with Gasteiger partial charge in [0, 0.05) is 0 Å². The van der Waals surface area contributed by atoms with Gasteiger partial charge in [-0.25, -0.2) is 4.79 Å². The highest BCUT2D eigenvalue weighted by atomic mass is 35.5. The van der Waals surface area contributed by atoms with Crippen LogP contribution in [0, 0.1) is 0 Å². The Kier molecular flexibility index (Phi) is 6.39. The molecule has 1 aliphatic rings. The first kappa shape index (κ1) is 21.8. The Bertz CT molecular complexity index is 1110. The lowest BCUT2D eigenvalue weighted by Gasteiger charge is -2.17. The summed E-state index contributed by atoms with van der Waals surface area (Å²) in [5.41, 5.74) is 2.06. The number of hydrogen-bond acceptors (Lipinski definition) is 7. The molecule has 7 nitrogen and oxygen atoms in total. The zero-order valence-corrected chi connectivity index (χ0v) is 18.2. The number of aliphatic hydroxyl groups excluding tert-OH is 1. The summed E-state index contributed by atoms with van der Waals surface area (Å²) in [5, 5.41) is 10.2. The predicted octanol–water partition coefficient (Wildman–Crippen LogP) is 4.68. The molecule has 8 heteroatoms. The second kappa shape index (κ2) is 9.38. The molecule has 1 heterocycles. The fourth-order valence-corrected chi connectivity index (χ4v) is 3.60. The second-order valence-electron chi connectivity index (χ2n) is 7.01. The molecule has 1 aliphatic heterocycles. The molecule has 0 amide bonds. The molecule has 3 aromatic rings. The van der Waals surface area contributed by atoms with Crippen LogP contribution < -0.4 is 18.9 Å². The maximum atomic E-state index is 12.1. The topological polar surface area (TPSA) is 83.5 Å². The molecule has 0 radical (unpaired) electrons. The minimum Gasteiger partial charge on any atom is -0.497 e. The van der Waals surface area contributed by atoms with E-state index in [2.05, 4.69) is 0 Å².